The molecule has 0 fully saturated rings. The zero-order chi connectivity index (χ0) is 12.1. The van der Waals surface area contributed by atoms with Gasteiger partial charge in [0.05, 0.1) is 0 Å². The standard InChI is InChI=1S/2C8H9.Cr/c2*1-2-8-6-4-3-5-7-8;/h2*3-6H,2H2,1H3;. The molecule has 0 nitrogen and oxygen atoms in total. The minimum absolute atomic E-state index is 0.444. The second kappa shape index (κ2) is 6.05. The third kappa shape index (κ3) is 3.00. The topological polar surface area (TPSA) is 0 Å². The van der Waals surface area contributed by atoms with Gasteiger partial charge in [-0.1, -0.05) is 0 Å². The van der Waals surface area contributed by atoms with Gasteiger partial charge in [-0.15, -0.1) is 0 Å². The Morgan fingerprint density at radius 2 is 1.12 bits per heavy atom. The molecular formula is C16H18Cr. The maximum atomic E-state index is 2.28. The molecule has 0 aliphatic carbocycles. The number of hydrogen-bond donors (Lipinski definition) is 0. The Balaban J connectivity index is 2.31. The van der Waals surface area contributed by atoms with Gasteiger partial charge in [-0.3, -0.25) is 0 Å². The van der Waals surface area contributed by atoms with Gasteiger partial charge >= 0.3 is 110 Å². The van der Waals surface area contributed by atoms with E-state index in [2.05, 4.69) is 62.4 Å². The van der Waals surface area contributed by atoms with Crippen LogP contribution < -0.4 is 8.85 Å². The third-order valence-corrected chi connectivity index (χ3v) is 4.86. The maximum absolute atomic E-state index is 2.28. The molecule has 17 heavy (non-hydrogen) atoms. The van der Waals surface area contributed by atoms with Crippen molar-refractivity contribution in [3.63, 3.8) is 0 Å². The quantitative estimate of drug-likeness (QED) is 0.795. The molecule has 0 bridgehead atoms. The monoisotopic (exact) mass is 262 g/mol. The van der Waals surface area contributed by atoms with E-state index in [1.54, 1.807) is 0 Å². The van der Waals surface area contributed by atoms with Gasteiger partial charge < -0.3 is 0 Å². The second-order valence-electron chi connectivity index (χ2n) is 4.02. The van der Waals surface area contributed by atoms with Crippen LogP contribution in [0, 0.1) is 0 Å². The van der Waals surface area contributed by atoms with Gasteiger partial charge in [0, 0.05) is 0 Å². The molecule has 2 aromatic carbocycles. The molecule has 0 saturated heterocycles. The number of benzene rings is 2. The van der Waals surface area contributed by atoms with E-state index in [4.69, 9.17) is 0 Å². The minimum atomic E-state index is 0.444. The summed E-state index contributed by atoms with van der Waals surface area (Å²) in [6, 6.07) is 17.7. The fraction of sp³-hybridized carbons (Fsp3) is 0.250. The van der Waals surface area contributed by atoms with Crippen molar-refractivity contribution in [1.29, 1.82) is 0 Å². The Kier molecular flexibility index (Phi) is 4.43. The molecule has 1 heteroatoms. The summed E-state index contributed by atoms with van der Waals surface area (Å²) in [5, 5.41) is 0. The molecule has 0 radical (unpaired) electrons. The molecule has 0 heterocycles. The zero-order valence-electron chi connectivity index (χ0n) is 10.4. The predicted molar refractivity (Wildman–Crippen MR) is 70.9 cm³/mol. The average Bonchev–Trinajstić information content (AvgIpc) is 2.40. The van der Waals surface area contributed by atoms with E-state index in [0.717, 1.165) is 12.8 Å². The van der Waals surface area contributed by atoms with Crippen LogP contribution in [0.2, 0.25) is 0 Å². The van der Waals surface area contributed by atoms with Crippen molar-refractivity contribution >= 4 is 8.85 Å². The van der Waals surface area contributed by atoms with Gasteiger partial charge in [-0.2, -0.15) is 0 Å². The van der Waals surface area contributed by atoms with Crippen molar-refractivity contribution < 1.29 is 15.2 Å². The van der Waals surface area contributed by atoms with Crippen LogP contribution in [0.4, 0.5) is 0 Å². The summed E-state index contributed by atoms with van der Waals surface area (Å²) < 4.78 is 3.06. The van der Waals surface area contributed by atoms with Crippen LogP contribution in [0.5, 0.6) is 0 Å². The molecular weight excluding hydrogens is 244 g/mol. The average molecular weight is 262 g/mol. The van der Waals surface area contributed by atoms with Crippen LogP contribution >= 0.6 is 0 Å². The molecule has 0 N–H and O–H groups in total. The van der Waals surface area contributed by atoms with E-state index in [1.165, 1.54) is 20.0 Å². The van der Waals surface area contributed by atoms with E-state index in [0.29, 0.717) is 15.2 Å². The summed E-state index contributed by atoms with van der Waals surface area (Å²) >= 11 is 0.444. The SMILES string of the molecule is CCc1cccc[c]1[Cr][c]1ccccc1CC. The molecule has 0 aromatic heterocycles. The Morgan fingerprint density at radius 1 is 0.706 bits per heavy atom. The Morgan fingerprint density at radius 3 is 1.53 bits per heavy atom. The van der Waals surface area contributed by atoms with E-state index < -0.39 is 0 Å². The molecule has 0 aliphatic rings. The summed E-state index contributed by atoms with van der Waals surface area (Å²) in [6.07, 6.45) is 2.26. The van der Waals surface area contributed by atoms with E-state index in [9.17, 15) is 0 Å². The number of rotatable bonds is 4. The molecule has 2 aromatic rings. The van der Waals surface area contributed by atoms with Crippen molar-refractivity contribution in [2.75, 3.05) is 0 Å². The van der Waals surface area contributed by atoms with Crippen LogP contribution in [-0.4, -0.2) is 0 Å². The zero-order valence-corrected chi connectivity index (χ0v) is 11.7. The summed E-state index contributed by atoms with van der Waals surface area (Å²) in [6.45, 7) is 4.47. The first-order valence-electron chi connectivity index (χ1n) is 6.18. The van der Waals surface area contributed by atoms with Crippen LogP contribution in [0.25, 0.3) is 0 Å². The van der Waals surface area contributed by atoms with Crippen molar-refractivity contribution in [2.45, 2.75) is 26.7 Å². The summed E-state index contributed by atoms with van der Waals surface area (Å²) in [5.41, 5.74) is 3.00. The van der Waals surface area contributed by atoms with Crippen LogP contribution in [0.3, 0.4) is 0 Å². The van der Waals surface area contributed by atoms with E-state index >= 15 is 0 Å². The molecule has 0 amide bonds. The number of hydrogen-bond acceptors (Lipinski definition) is 0. The van der Waals surface area contributed by atoms with Gasteiger partial charge in [-0.05, 0) is 0 Å². The van der Waals surface area contributed by atoms with Gasteiger partial charge in [0.1, 0.15) is 0 Å². The van der Waals surface area contributed by atoms with Crippen molar-refractivity contribution in [3.8, 4) is 0 Å². The first-order chi connectivity index (χ1) is 8.35. The predicted octanol–water partition coefficient (Wildman–Crippen LogP) is 2.84. The van der Waals surface area contributed by atoms with Gasteiger partial charge in [0.15, 0.2) is 0 Å². The third-order valence-electron chi connectivity index (χ3n) is 2.93. The molecule has 2 rings (SSSR count). The van der Waals surface area contributed by atoms with Crippen molar-refractivity contribution in [2.24, 2.45) is 0 Å². The first-order valence-corrected chi connectivity index (χ1v) is 7.46. The van der Waals surface area contributed by atoms with Gasteiger partial charge in [-0.25, -0.2) is 0 Å². The van der Waals surface area contributed by atoms with E-state index in [1.807, 2.05) is 0 Å². The molecule has 0 atom stereocenters. The molecule has 0 saturated carbocycles. The molecule has 0 aliphatic heterocycles. The Labute approximate surface area is 110 Å². The van der Waals surface area contributed by atoms with Crippen molar-refractivity contribution in [1.82, 2.24) is 0 Å². The van der Waals surface area contributed by atoms with E-state index in [-0.39, 0.29) is 0 Å². The first kappa shape index (κ1) is 12.4. The fourth-order valence-corrected chi connectivity index (χ4v) is 3.81. The van der Waals surface area contributed by atoms with Crippen LogP contribution in [-0.2, 0) is 28.1 Å². The second-order valence-corrected chi connectivity index (χ2v) is 5.72. The Bertz CT molecular complexity index is 443. The Hall–Kier alpha value is -1.03. The molecule has 0 spiro atoms. The van der Waals surface area contributed by atoms with Gasteiger partial charge in [0.2, 0.25) is 0 Å². The normalized spacial score (nSPS) is 10.5. The molecule has 88 valence electrons. The summed E-state index contributed by atoms with van der Waals surface area (Å²) in [7, 11) is 0. The summed E-state index contributed by atoms with van der Waals surface area (Å²) in [4.78, 5) is 0. The summed E-state index contributed by atoms with van der Waals surface area (Å²) in [5.74, 6) is 0. The van der Waals surface area contributed by atoms with Crippen LogP contribution in [0.1, 0.15) is 25.0 Å². The molecule has 0 unspecified atom stereocenters. The number of aryl methyl sites for hydroxylation is 2. The fourth-order valence-electron chi connectivity index (χ4n) is 1.91. The van der Waals surface area contributed by atoms with Gasteiger partial charge in [0.25, 0.3) is 0 Å². The van der Waals surface area contributed by atoms with Crippen molar-refractivity contribution in [3.05, 3.63) is 59.7 Å². The van der Waals surface area contributed by atoms with Crippen LogP contribution in [0.15, 0.2) is 48.5 Å².